The van der Waals surface area contributed by atoms with Crippen LogP contribution >= 0.6 is 0 Å². The van der Waals surface area contributed by atoms with Crippen molar-refractivity contribution in [3.8, 4) is 0 Å². The zero-order chi connectivity index (χ0) is 25.7. The summed E-state index contributed by atoms with van der Waals surface area (Å²) in [4.78, 5) is 14.8. The van der Waals surface area contributed by atoms with Crippen molar-refractivity contribution < 1.29 is 44.7 Å². The Hall–Kier alpha value is -2.64. The highest BCUT2D eigenvalue weighted by atomic mass is 32.2. The molecule has 2 aromatic carbocycles. The third-order valence-corrected chi connectivity index (χ3v) is 6.73. The average molecular weight is 510 g/mol. The molecule has 0 saturated carbocycles. The molecular formula is C21H20F6N2O4S. The van der Waals surface area contributed by atoms with Gasteiger partial charge < -0.3 is 10.4 Å². The number of amides is 1. The standard InChI is InChI=1S/C21H20F6N2O4S/c1-3-29-11-12-10-15(34(2,32)33)8-9-16(12)17(29)18(30)28-14-6-4-13(5-7-14)19(31,20(22,23)24)21(25,26)27/h4-10,17,31H,3,11H2,1-2H3,(H,28,30). The SMILES string of the molecule is CCN1Cc2cc(S(C)(=O)=O)ccc2C1C(=O)Nc1ccc(C(O)(C(F)(F)F)C(F)(F)F)cc1. The van der Waals surface area contributed by atoms with Gasteiger partial charge in [-0.3, -0.25) is 9.69 Å². The Morgan fingerprint density at radius 1 is 1.06 bits per heavy atom. The first-order valence-corrected chi connectivity index (χ1v) is 11.7. The molecule has 186 valence electrons. The van der Waals surface area contributed by atoms with Crippen LogP contribution in [0.15, 0.2) is 47.4 Å². The molecule has 0 aliphatic carbocycles. The van der Waals surface area contributed by atoms with E-state index in [-0.39, 0.29) is 17.1 Å². The van der Waals surface area contributed by atoms with E-state index in [9.17, 15) is 44.7 Å². The lowest BCUT2D eigenvalue weighted by atomic mass is 9.92. The highest BCUT2D eigenvalue weighted by Crippen LogP contribution is 2.50. The highest BCUT2D eigenvalue weighted by molar-refractivity contribution is 7.90. The minimum absolute atomic E-state index is 0.0840. The van der Waals surface area contributed by atoms with Crippen LogP contribution in [0.25, 0.3) is 0 Å². The maximum Gasteiger partial charge on any atom is 0.430 e. The Morgan fingerprint density at radius 2 is 1.62 bits per heavy atom. The van der Waals surface area contributed by atoms with Gasteiger partial charge in [-0.25, -0.2) is 8.42 Å². The third-order valence-electron chi connectivity index (χ3n) is 5.62. The van der Waals surface area contributed by atoms with Gasteiger partial charge in [0.05, 0.1) is 4.90 Å². The van der Waals surface area contributed by atoms with Gasteiger partial charge >= 0.3 is 12.4 Å². The van der Waals surface area contributed by atoms with E-state index in [4.69, 9.17) is 0 Å². The summed E-state index contributed by atoms with van der Waals surface area (Å²) in [6.07, 6.45) is -11.0. The summed E-state index contributed by atoms with van der Waals surface area (Å²) in [5.74, 6) is -0.609. The molecule has 13 heteroatoms. The van der Waals surface area contributed by atoms with Crippen LogP contribution in [0, 0.1) is 0 Å². The molecule has 0 saturated heterocycles. The van der Waals surface area contributed by atoms with Gasteiger partial charge in [0.2, 0.25) is 5.91 Å². The second-order valence-electron chi connectivity index (χ2n) is 7.87. The zero-order valence-electron chi connectivity index (χ0n) is 17.8. The minimum atomic E-state index is -6.02. The number of anilines is 1. The molecule has 0 spiro atoms. The Morgan fingerprint density at radius 3 is 2.09 bits per heavy atom. The van der Waals surface area contributed by atoms with Crippen molar-refractivity contribution in [3.05, 3.63) is 59.2 Å². The van der Waals surface area contributed by atoms with Crippen LogP contribution in [0.3, 0.4) is 0 Å². The first-order valence-electron chi connectivity index (χ1n) is 9.85. The predicted molar refractivity (Wildman–Crippen MR) is 109 cm³/mol. The number of nitrogens with one attached hydrogen (secondary N) is 1. The van der Waals surface area contributed by atoms with Gasteiger partial charge in [0, 0.05) is 24.1 Å². The lowest BCUT2D eigenvalue weighted by Gasteiger charge is -2.32. The Kier molecular flexibility index (Phi) is 6.52. The lowest BCUT2D eigenvalue weighted by molar-refractivity contribution is -0.376. The number of hydrogen-bond acceptors (Lipinski definition) is 5. The average Bonchev–Trinajstić information content (AvgIpc) is 3.09. The molecule has 0 radical (unpaired) electrons. The number of halogens is 6. The van der Waals surface area contributed by atoms with Crippen LogP contribution < -0.4 is 5.32 Å². The number of fused-ring (bicyclic) bond motifs is 1. The van der Waals surface area contributed by atoms with Gasteiger partial charge in [0.25, 0.3) is 5.60 Å². The van der Waals surface area contributed by atoms with Crippen LogP contribution in [0.5, 0.6) is 0 Å². The summed E-state index contributed by atoms with van der Waals surface area (Å²) in [5, 5.41) is 11.9. The number of benzene rings is 2. The van der Waals surface area contributed by atoms with Crippen molar-refractivity contribution in [2.45, 2.75) is 42.4 Å². The summed E-state index contributed by atoms with van der Waals surface area (Å²) in [7, 11) is -3.47. The topological polar surface area (TPSA) is 86.7 Å². The molecule has 1 heterocycles. The van der Waals surface area contributed by atoms with E-state index >= 15 is 0 Å². The summed E-state index contributed by atoms with van der Waals surface area (Å²) >= 11 is 0. The first-order chi connectivity index (χ1) is 15.5. The number of alkyl halides is 6. The highest BCUT2D eigenvalue weighted by Gasteiger charge is 2.71. The molecule has 2 N–H and O–H groups in total. The fourth-order valence-corrected chi connectivity index (χ4v) is 4.49. The van der Waals surface area contributed by atoms with Gasteiger partial charge in [-0.2, -0.15) is 26.3 Å². The van der Waals surface area contributed by atoms with E-state index in [1.54, 1.807) is 11.8 Å². The molecule has 0 fully saturated rings. The number of aliphatic hydroxyl groups is 1. The smallest absolute Gasteiger partial charge is 0.369 e. The molecule has 0 aromatic heterocycles. The maximum atomic E-state index is 13.0. The van der Waals surface area contributed by atoms with Gasteiger partial charge in [0.15, 0.2) is 9.84 Å². The van der Waals surface area contributed by atoms with Gasteiger partial charge in [-0.15, -0.1) is 0 Å². The van der Waals surface area contributed by atoms with Gasteiger partial charge in [-0.05, 0) is 41.9 Å². The van der Waals surface area contributed by atoms with E-state index in [1.165, 1.54) is 18.2 Å². The monoisotopic (exact) mass is 510 g/mol. The summed E-state index contributed by atoms with van der Waals surface area (Å²) in [6.45, 7) is 2.45. The molecule has 0 bridgehead atoms. The van der Waals surface area contributed by atoms with Crippen LogP contribution in [0.2, 0.25) is 0 Å². The van der Waals surface area contributed by atoms with Crippen LogP contribution in [-0.4, -0.2) is 49.5 Å². The Balaban J connectivity index is 1.88. The van der Waals surface area contributed by atoms with Crippen molar-refractivity contribution in [2.75, 3.05) is 18.1 Å². The molecule has 1 atom stereocenters. The van der Waals surface area contributed by atoms with Crippen LogP contribution in [0.4, 0.5) is 32.0 Å². The van der Waals surface area contributed by atoms with Crippen LogP contribution in [-0.2, 0) is 26.8 Å². The van der Waals surface area contributed by atoms with Gasteiger partial charge in [0.1, 0.15) is 6.04 Å². The maximum absolute atomic E-state index is 13.0. The number of carbonyl (C=O) groups is 1. The van der Waals surface area contributed by atoms with E-state index in [0.717, 1.165) is 18.4 Å². The lowest BCUT2D eigenvalue weighted by Crippen LogP contribution is -2.53. The first kappa shape index (κ1) is 26.0. The quantitative estimate of drug-likeness (QED) is 0.596. The minimum Gasteiger partial charge on any atom is -0.369 e. The molecular weight excluding hydrogens is 490 g/mol. The fraction of sp³-hybridized carbons (Fsp3) is 0.381. The van der Waals surface area contributed by atoms with Crippen molar-refractivity contribution in [2.24, 2.45) is 0 Å². The van der Waals surface area contributed by atoms with Crippen molar-refractivity contribution in [3.63, 3.8) is 0 Å². The van der Waals surface area contributed by atoms with E-state index in [2.05, 4.69) is 5.32 Å². The molecule has 1 amide bonds. The van der Waals surface area contributed by atoms with E-state index in [0.29, 0.717) is 29.8 Å². The van der Waals surface area contributed by atoms with E-state index in [1.807, 2.05) is 0 Å². The number of rotatable bonds is 5. The zero-order valence-corrected chi connectivity index (χ0v) is 18.6. The summed E-state index contributed by atoms with van der Waals surface area (Å²) < 4.78 is 102. The molecule has 3 rings (SSSR count). The second-order valence-corrected chi connectivity index (χ2v) is 9.89. The van der Waals surface area contributed by atoms with Gasteiger partial charge in [-0.1, -0.05) is 25.1 Å². The number of likely N-dealkylation sites (N-methyl/N-ethyl adjacent to an activating group) is 1. The normalized spacial score (nSPS) is 17.5. The van der Waals surface area contributed by atoms with Crippen molar-refractivity contribution in [1.82, 2.24) is 4.90 Å². The summed E-state index contributed by atoms with van der Waals surface area (Å²) in [6, 6.07) is 6.01. The second kappa shape index (κ2) is 8.54. The Bertz CT molecular complexity index is 1180. The summed E-state index contributed by atoms with van der Waals surface area (Å²) in [5.41, 5.74) is -5.45. The fourth-order valence-electron chi connectivity index (χ4n) is 3.82. The molecule has 2 aromatic rings. The number of carbonyl (C=O) groups excluding carboxylic acids is 1. The van der Waals surface area contributed by atoms with Crippen LogP contribution in [0.1, 0.15) is 29.7 Å². The number of sulfone groups is 1. The predicted octanol–water partition coefficient (Wildman–Crippen LogP) is 3.92. The van der Waals surface area contributed by atoms with E-state index < -0.39 is 45.3 Å². The number of nitrogens with zero attached hydrogens (tertiary/aromatic N) is 1. The van der Waals surface area contributed by atoms with Crippen molar-refractivity contribution in [1.29, 1.82) is 0 Å². The molecule has 1 aliphatic rings. The Labute approximate surface area is 191 Å². The molecule has 1 aliphatic heterocycles. The number of hydrogen-bond donors (Lipinski definition) is 2. The third kappa shape index (κ3) is 4.51. The van der Waals surface area contributed by atoms with Crippen molar-refractivity contribution >= 4 is 21.4 Å². The molecule has 6 nitrogen and oxygen atoms in total. The molecule has 1 unspecified atom stereocenters. The largest absolute Gasteiger partial charge is 0.430 e. The molecule has 34 heavy (non-hydrogen) atoms.